The summed E-state index contributed by atoms with van der Waals surface area (Å²) in [5, 5.41) is 2.57. The molecule has 8 heteroatoms. The van der Waals surface area contributed by atoms with Crippen molar-refractivity contribution in [2.45, 2.75) is 6.61 Å². The van der Waals surface area contributed by atoms with Crippen molar-refractivity contribution in [2.24, 2.45) is 0 Å². The predicted molar refractivity (Wildman–Crippen MR) is 95.4 cm³/mol. The summed E-state index contributed by atoms with van der Waals surface area (Å²) < 4.78 is 11.9. The van der Waals surface area contributed by atoms with Crippen molar-refractivity contribution in [3.63, 3.8) is 0 Å². The maximum Gasteiger partial charge on any atom is 0.412 e. The Bertz CT molecular complexity index is 816. The van der Waals surface area contributed by atoms with E-state index >= 15 is 0 Å². The first-order chi connectivity index (χ1) is 11.6. The summed E-state index contributed by atoms with van der Waals surface area (Å²) in [6, 6.07) is 11.2. The topological polar surface area (TPSA) is 77.3 Å². The second kappa shape index (κ2) is 7.59. The molecule has 1 amide bonds. The van der Waals surface area contributed by atoms with E-state index in [1.165, 1.54) is 12.4 Å². The van der Waals surface area contributed by atoms with Gasteiger partial charge in [-0.25, -0.2) is 14.8 Å². The van der Waals surface area contributed by atoms with Gasteiger partial charge in [-0.1, -0.05) is 30.3 Å². The number of amides is 1. The van der Waals surface area contributed by atoms with Crippen LogP contribution in [-0.4, -0.2) is 16.1 Å². The highest BCUT2D eigenvalue weighted by molar-refractivity contribution is 9.13. The zero-order valence-electron chi connectivity index (χ0n) is 12.2. The summed E-state index contributed by atoms with van der Waals surface area (Å²) >= 11 is 6.58. The van der Waals surface area contributed by atoms with Crippen molar-refractivity contribution in [1.82, 2.24) is 9.97 Å². The zero-order valence-corrected chi connectivity index (χ0v) is 15.4. The molecule has 2 heterocycles. The average Bonchev–Trinajstić information content (AvgIpc) is 2.94. The molecule has 3 aromatic rings. The molecule has 0 aliphatic heterocycles. The lowest BCUT2D eigenvalue weighted by molar-refractivity contribution is 0.155. The number of benzene rings is 1. The lowest BCUT2D eigenvalue weighted by Crippen LogP contribution is -2.13. The molecule has 6 nitrogen and oxygen atoms in total. The highest BCUT2D eigenvalue weighted by Gasteiger charge is 2.11. The standard InChI is InChI=1S/C16H11Br2N3O3/c17-12-6-13(24-14(12)18)15-19-7-11(8-20-15)21-16(22)23-9-10-4-2-1-3-5-10/h1-8H,9H2,(H,21,22). The van der Waals surface area contributed by atoms with Crippen LogP contribution in [0.25, 0.3) is 11.6 Å². The number of ether oxygens (including phenoxy) is 1. The SMILES string of the molecule is O=C(Nc1cnc(-c2cc(Br)c(Br)o2)nc1)OCc1ccccc1. The van der Waals surface area contributed by atoms with Crippen LogP contribution in [0.15, 0.2) is 62.4 Å². The number of halogens is 2. The molecule has 0 aliphatic carbocycles. The number of rotatable bonds is 4. The fourth-order valence-electron chi connectivity index (χ4n) is 1.85. The van der Waals surface area contributed by atoms with Gasteiger partial charge >= 0.3 is 6.09 Å². The van der Waals surface area contributed by atoms with Crippen LogP contribution in [0, 0.1) is 0 Å². The largest absolute Gasteiger partial charge is 0.445 e. The van der Waals surface area contributed by atoms with Crippen LogP contribution in [0.2, 0.25) is 0 Å². The van der Waals surface area contributed by atoms with Crippen LogP contribution >= 0.6 is 31.9 Å². The minimum atomic E-state index is -0.571. The lowest BCUT2D eigenvalue weighted by Gasteiger charge is -2.06. The summed E-state index contributed by atoms with van der Waals surface area (Å²) in [7, 11) is 0. The second-order valence-corrected chi connectivity index (χ2v) is 6.29. The number of nitrogens with one attached hydrogen (secondary N) is 1. The van der Waals surface area contributed by atoms with E-state index in [0.717, 1.165) is 10.0 Å². The van der Waals surface area contributed by atoms with Crippen LogP contribution in [0.1, 0.15) is 5.56 Å². The first-order valence-corrected chi connectivity index (χ1v) is 8.45. The number of hydrogen-bond acceptors (Lipinski definition) is 5. The van der Waals surface area contributed by atoms with Gasteiger partial charge in [-0.2, -0.15) is 0 Å². The minimum absolute atomic E-state index is 0.195. The Morgan fingerprint density at radius 2 is 1.88 bits per heavy atom. The second-order valence-electron chi connectivity index (χ2n) is 4.71. The van der Waals surface area contributed by atoms with Crippen LogP contribution in [0.3, 0.4) is 0 Å². The van der Waals surface area contributed by atoms with E-state index < -0.39 is 6.09 Å². The molecule has 2 aromatic heterocycles. The van der Waals surface area contributed by atoms with Gasteiger partial charge < -0.3 is 9.15 Å². The average molecular weight is 453 g/mol. The third-order valence-corrected chi connectivity index (χ3v) is 4.69. The van der Waals surface area contributed by atoms with E-state index in [1.807, 2.05) is 30.3 Å². The molecule has 0 unspecified atom stereocenters. The van der Waals surface area contributed by atoms with Crippen molar-refractivity contribution in [2.75, 3.05) is 5.32 Å². The van der Waals surface area contributed by atoms with Crippen LogP contribution < -0.4 is 5.32 Å². The molecule has 24 heavy (non-hydrogen) atoms. The van der Waals surface area contributed by atoms with E-state index in [0.29, 0.717) is 21.9 Å². The molecule has 0 saturated heterocycles. The van der Waals surface area contributed by atoms with E-state index in [9.17, 15) is 4.79 Å². The number of aromatic nitrogens is 2. The predicted octanol–water partition coefficient (Wildman–Crippen LogP) is 5.01. The Morgan fingerprint density at radius 3 is 2.50 bits per heavy atom. The molecule has 0 bridgehead atoms. The monoisotopic (exact) mass is 451 g/mol. The van der Waals surface area contributed by atoms with Crippen LogP contribution in [0.5, 0.6) is 0 Å². The van der Waals surface area contributed by atoms with Crippen molar-refractivity contribution < 1.29 is 13.9 Å². The Morgan fingerprint density at radius 1 is 1.17 bits per heavy atom. The number of anilines is 1. The Labute approximate surface area is 154 Å². The molecular formula is C16H11Br2N3O3. The van der Waals surface area contributed by atoms with Gasteiger partial charge in [-0.3, -0.25) is 5.32 Å². The normalized spacial score (nSPS) is 10.4. The maximum absolute atomic E-state index is 11.8. The molecule has 0 radical (unpaired) electrons. The molecule has 0 aliphatic rings. The first-order valence-electron chi connectivity index (χ1n) is 6.87. The Kier molecular flexibility index (Phi) is 5.27. The zero-order chi connectivity index (χ0) is 16.9. The van der Waals surface area contributed by atoms with Crippen molar-refractivity contribution >= 4 is 43.6 Å². The van der Waals surface area contributed by atoms with E-state index in [2.05, 4.69) is 47.1 Å². The minimum Gasteiger partial charge on any atom is -0.445 e. The number of carbonyl (C=O) groups is 1. The van der Waals surface area contributed by atoms with E-state index in [4.69, 9.17) is 9.15 Å². The summed E-state index contributed by atoms with van der Waals surface area (Å²) in [5.74, 6) is 0.913. The van der Waals surface area contributed by atoms with Crippen LogP contribution in [0.4, 0.5) is 10.5 Å². The maximum atomic E-state index is 11.8. The molecular weight excluding hydrogens is 442 g/mol. The third-order valence-electron chi connectivity index (χ3n) is 2.98. The fourth-order valence-corrected chi connectivity index (χ4v) is 2.43. The molecule has 3 rings (SSSR count). The molecule has 0 spiro atoms. The molecule has 122 valence electrons. The molecule has 0 saturated carbocycles. The smallest absolute Gasteiger partial charge is 0.412 e. The number of furan rings is 1. The lowest BCUT2D eigenvalue weighted by atomic mass is 10.2. The van der Waals surface area contributed by atoms with Crippen molar-refractivity contribution in [3.05, 3.63) is 63.5 Å². The van der Waals surface area contributed by atoms with Gasteiger partial charge in [0, 0.05) is 6.07 Å². The first kappa shape index (κ1) is 16.7. The molecule has 1 aromatic carbocycles. The van der Waals surface area contributed by atoms with Crippen molar-refractivity contribution in [3.8, 4) is 11.6 Å². The summed E-state index contributed by atoms with van der Waals surface area (Å²) in [5.41, 5.74) is 1.34. The van der Waals surface area contributed by atoms with Gasteiger partial charge in [0.25, 0.3) is 0 Å². The molecule has 0 fully saturated rings. The highest BCUT2D eigenvalue weighted by Crippen LogP contribution is 2.31. The van der Waals surface area contributed by atoms with Gasteiger partial charge in [-0.05, 0) is 37.4 Å². The van der Waals surface area contributed by atoms with E-state index in [1.54, 1.807) is 6.07 Å². The Balaban J connectivity index is 1.58. The summed E-state index contributed by atoms with van der Waals surface area (Å²) in [6.45, 7) is 0.195. The number of nitrogens with zero attached hydrogens (tertiary/aromatic N) is 2. The van der Waals surface area contributed by atoms with Crippen LogP contribution in [-0.2, 0) is 11.3 Å². The molecule has 0 atom stereocenters. The Hall–Kier alpha value is -2.19. The summed E-state index contributed by atoms with van der Waals surface area (Å²) in [4.78, 5) is 20.1. The summed E-state index contributed by atoms with van der Waals surface area (Å²) in [6.07, 6.45) is 2.39. The van der Waals surface area contributed by atoms with Crippen molar-refractivity contribution in [1.29, 1.82) is 0 Å². The third kappa shape index (κ3) is 4.21. The highest BCUT2D eigenvalue weighted by atomic mass is 79.9. The number of hydrogen-bond donors (Lipinski definition) is 1. The van der Waals surface area contributed by atoms with E-state index in [-0.39, 0.29) is 6.61 Å². The van der Waals surface area contributed by atoms with Gasteiger partial charge in [-0.15, -0.1) is 0 Å². The molecule has 1 N–H and O–H groups in total. The number of carbonyl (C=O) groups excluding carboxylic acids is 1. The van der Waals surface area contributed by atoms with Gasteiger partial charge in [0.15, 0.2) is 16.3 Å². The van der Waals surface area contributed by atoms with Gasteiger partial charge in [0.1, 0.15) is 6.61 Å². The fraction of sp³-hybridized carbons (Fsp3) is 0.0625. The van der Waals surface area contributed by atoms with Gasteiger partial charge in [0.05, 0.1) is 22.6 Å². The quantitative estimate of drug-likeness (QED) is 0.601. The van der Waals surface area contributed by atoms with Gasteiger partial charge in [0.2, 0.25) is 0 Å².